The Morgan fingerprint density at radius 1 is 0.422 bits per heavy atom. The number of aromatic nitrogens is 4. The van der Waals surface area contributed by atoms with Gasteiger partial charge in [-0.3, -0.25) is 0 Å². The smallest absolute Gasteiger partial charge is 0.657 e. The zero-order chi connectivity index (χ0) is 29.7. The summed E-state index contributed by atoms with van der Waals surface area (Å²) in [6, 6.07) is 33.5. The summed E-state index contributed by atoms with van der Waals surface area (Å²) in [6.45, 7) is 0. The fourth-order valence-electron chi connectivity index (χ4n) is 6.33. The van der Waals surface area contributed by atoms with Gasteiger partial charge in [0.2, 0.25) is 0 Å². The maximum Gasteiger partial charge on any atom is 2.00 e. The van der Waals surface area contributed by atoms with Gasteiger partial charge in [0.05, 0.1) is 22.8 Å². The van der Waals surface area contributed by atoms with E-state index in [0.29, 0.717) is 0 Å². The minimum Gasteiger partial charge on any atom is -0.657 e. The molecule has 0 aliphatic carbocycles. The molecule has 8 bridgehead atoms. The Kier molecular flexibility index (Phi) is 7.06. The van der Waals surface area contributed by atoms with E-state index in [1.807, 2.05) is 12.1 Å². The topological polar surface area (TPSA) is 54.0 Å². The van der Waals surface area contributed by atoms with Crippen LogP contribution in [0.3, 0.4) is 0 Å². The van der Waals surface area contributed by atoms with Crippen LogP contribution >= 0.6 is 43.7 Å². The summed E-state index contributed by atoms with van der Waals surface area (Å²) in [4.78, 5) is 22.5. The average molecular weight is 702 g/mol. The zero-order valence-electron chi connectivity index (χ0n) is 23.8. The van der Waals surface area contributed by atoms with Crippen LogP contribution in [0.2, 0.25) is 0 Å². The molecule has 45 heavy (non-hydrogen) atoms. The number of rotatable bonds is 0. The molecule has 210 valence electrons. The van der Waals surface area contributed by atoms with Gasteiger partial charge < -0.3 is 9.97 Å². The van der Waals surface area contributed by atoms with Crippen LogP contribution in [-0.4, -0.2) is 9.97 Å². The number of nitrogens with zero attached hydrogens (tertiary/aromatic N) is 4. The van der Waals surface area contributed by atoms with E-state index in [2.05, 4.69) is 129 Å². The summed E-state index contributed by atoms with van der Waals surface area (Å²) in [6.07, 6.45) is 0. The molecule has 2 unspecified atom stereocenters. The summed E-state index contributed by atoms with van der Waals surface area (Å²) < 4.78 is 0. The van der Waals surface area contributed by atoms with E-state index in [0.717, 1.165) is 109 Å². The van der Waals surface area contributed by atoms with Crippen molar-refractivity contribution in [3.63, 3.8) is 0 Å². The van der Waals surface area contributed by atoms with E-state index in [4.69, 9.17) is 19.9 Å². The maximum atomic E-state index is 5.18. The second kappa shape index (κ2) is 10.9. The fraction of sp³-hybridized carbons (Fsp3) is 0. The Morgan fingerprint density at radius 2 is 0.844 bits per heavy atom. The van der Waals surface area contributed by atoms with Crippen molar-refractivity contribution in [3.8, 4) is 45.0 Å². The molecule has 7 aromatic rings. The Labute approximate surface area is 287 Å². The van der Waals surface area contributed by atoms with Crippen molar-refractivity contribution < 1.29 is 19.5 Å². The van der Waals surface area contributed by atoms with Gasteiger partial charge in [0.1, 0.15) is 0 Å². The predicted octanol–water partition coefficient (Wildman–Crippen LogP) is 8.12. The second-order valence-electron chi connectivity index (χ2n) is 11.2. The van der Waals surface area contributed by atoms with Gasteiger partial charge in [-0.15, -0.1) is 65.8 Å². The van der Waals surface area contributed by atoms with Crippen molar-refractivity contribution in [2.45, 2.75) is 9.79 Å². The van der Waals surface area contributed by atoms with Crippen LogP contribution in [0.15, 0.2) is 107 Å². The summed E-state index contributed by atoms with van der Waals surface area (Å²) in [5.41, 5.74) is 11.1. The van der Waals surface area contributed by atoms with Crippen molar-refractivity contribution in [2.75, 3.05) is 0 Å². The molecule has 0 spiro atoms. The van der Waals surface area contributed by atoms with E-state index >= 15 is 0 Å². The SMILES string of the molecule is Pc1ccc2c(c1)-c1cc3[n-]c(cc4nc(cc5[n-]c(cc-2n1)c1ccc(P)cc51)-c1cc(S)ccc1-4)c1cc(S)ccc31.[Zn+2]. The van der Waals surface area contributed by atoms with Crippen LogP contribution in [0.25, 0.3) is 88.6 Å². The van der Waals surface area contributed by atoms with Gasteiger partial charge in [-0.1, -0.05) is 36.4 Å². The van der Waals surface area contributed by atoms with Crippen molar-refractivity contribution >= 4 is 98.0 Å². The summed E-state index contributed by atoms with van der Waals surface area (Å²) in [7, 11) is 5.62. The molecular weight excluding hydrogens is 680 g/mol. The van der Waals surface area contributed by atoms with E-state index in [-0.39, 0.29) is 19.5 Å². The number of benzene rings is 4. The number of hydrogen-bond donors (Lipinski definition) is 2. The van der Waals surface area contributed by atoms with Crippen LogP contribution in [0.5, 0.6) is 0 Å². The van der Waals surface area contributed by atoms with Crippen molar-refractivity contribution in [1.82, 2.24) is 19.9 Å². The van der Waals surface area contributed by atoms with Crippen LogP contribution in [0, 0.1) is 0 Å². The molecule has 0 saturated carbocycles. The molecule has 0 saturated heterocycles. The first-order valence-corrected chi connectivity index (χ1v) is 16.1. The van der Waals surface area contributed by atoms with Gasteiger partial charge in [-0.05, 0) is 92.8 Å². The monoisotopic (exact) mass is 700 g/mol. The Morgan fingerprint density at radius 3 is 1.49 bits per heavy atom. The Bertz CT molecular complexity index is 2570. The Balaban J connectivity index is 0.00000300. The van der Waals surface area contributed by atoms with Crippen molar-refractivity contribution in [2.24, 2.45) is 0 Å². The molecule has 0 amide bonds. The first-order valence-electron chi connectivity index (χ1n) is 14.1. The van der Waals surface area contributed by atoms with E-state index in [1.165, 1.54) is 0 Å². The first kappa shape index (κ1) is 29.1. The quantitative estimate of drug-likeness (QED) is 0.0953. The normalized spacial score (nSPS) is 11.8. The first-order chi connectivity index (χ1) is 21.4. The summed E-state index contributed by atoms with van der Waals surface area (Å²) in [5.74, 6) is 0. The molecule has 4 aromatic carbocycles. The van der Waals surface area contributed by atoms with E-state index < -0.39 is 0 Å². The average Bonchev–Trinajstić information content (AvgIpc) is 3.71. The van der Waals surface area contributed by atoms with Gasteiger partial charge >= 0.3 is 19.5 Å². The molecule has 2 aliphatic heterocycles. The predicted molar refractivity (Wildman–Crippen MR) is 196 cm³/mol. The second-order valence-corrected chi connectivity index (χ2v) is 13.5. The third kappa shape index (κ3) is 4.80. The molecule has 9 rings (SSSR count). The van der Waals surface area contributed by atoms with Gasteiger partial charge in [0.25, 0.3) is 0 Å². The summed E-state index contributed by atoms with van der Waals surface area (Å²) in [5, 5.41) is 6.41. The third-order valence-corrected chi connectivity index (χ3v) is 9.63. The molecule has 3 aromatic heterocycles. The van der Waals surface area contributed by atoms with Crippen LogP contribution < -0.4 is 20.6 Å². The molecule has 9 heteroatoms. The maximum absolute atomic E-state index is 5.18. The minimum atomic E-state index is 0. The largest absolute Gasteiger partial charge is 2.00 e. The van der Waals surface area contributed by atoms with Crippen LogP contribution in [-0.2, 0) is 19.5 Å². The minimum absolute atomic E-state index is 0. The molecule has 2 aliphatic rings. The van der Waals surface area contributed by atoms with Gasteiger partial charge in [-0.25, -0.2) is 9.97 Å². The standard InChI is InChI=1S/C36H22N4P2S2.Zn/c41-17-1-5-21-25(9-17)33-14-31-23-7-3-19(43)11-27(23)35(39-31)15-32-24-8-4-20(44)12-28(24)36(40-32)16-34-26-10-18(42)2-6-22(26)30(38-34)13-29(21)37-33;/h1-16H,41-42H2,(H2-2,37,38,39,40,43,44);/q-2;+2. The van der Waals surface area contributed by atoms with Gasteiger partial charge in [0.15, 0.2) is 0 Å². The molecule has 5 heterocycles. The molecule has 0 N–H and O–H groups in total. The molecule has 2 atom stereocenters. The number of hydrogen-bond acceptors (Lipinski definition) is 4. The third-order valence-electron chi connectivity index (χ3n) is 8.36. The number of thiol groups is 2. The van der Waals surface area contributed by atoms with Gasteiger partial charge in [-0.2, -0.15) is 0 Å². The van der Waals surface area contributed by atoms with Crippen LogP contribution in [0.1, 0.15) is 0 Å². The van der Waals surface area contributed by atoms with Crippen molar-refractivity contribution in [1.29, 1.82) is 0 Å². The Hall–Kier alpha value is -3.30. The zero-order valence-corrected chi connectivity index (χ0v) is 30.8. The summed E-state index contributed by atoms with van der Waals surface area (Å²) >= 11 is 9.33. The molecule has 0 fully saturated rings. The van der Waals surface area contributed by atoms with Crippen molar-refractivity contribution in [3.05, 3.63) is 97.1 Å². The van der Waals surface area contributed by atoms with Crippen LogP contribution in [0.4, 0.5) is 0 Å². The van der Waals surface area contributed by atoms with E-state index in [1.54, 1.807) is 0 Å². The fourth-order valence-corrected chi connectivity index (χ4v) is 7.26. The van der Waals surface area contributed by atoms with E-state index in [9.17, 15) is 0 Å². The number of fused-ring (bicyclic) bond motifs is 20. The molecule has 0 radical (unpaired) electrons. The molecular formula is C36H22N4P2S2Zn. The van der Waals surface area contributed by atoms with Gasteiger partial charge in [0, 0.05) is 32.0 Å². The molecule has 4 nitrogen and oxygen atoms in total.